The summed E-state index contributed by atoms with van der Waals surface area (Å²) >= 11 is 0. The molecule has 2 heterocycles. The monoisotopic (exact) mass is 510 g/mol. The third kappa shape index (κ3) is 6.87. The van der Waals surface area contributed by atoms with Gasteiger partial charge < -0.3 is 48.3 Å². The molecular formula is C10H13N2O16P3-4. The van der Waals surface area contributed by atoms with Crippen molar-refractivity contribution in [3.63, 3.8) is 0 Å². The van der Waals surface area contributed by atoms with Gasteiger partial charge in [-0.15, -0.1) is 0 Å². The highest BCUT2D eigenvalue weighted by Gasteiger charge is 2.45. The minimum atomic E-state index is -6.19. The van der Waals surface area contributed by atoms with Crippen molar-refractivity contribution in [2.45, 2.75) is 24.5 Å². The summed E-state index contributed by atoms with van der Waals surface area (Å²) in [5.74, 6) is -0.373. The Morgan fingerprint density at radius 2 is 1.71 bits per heavy atom. The molecular weight excluding hydrogens is 497 g/mol. The molecule has 31 heavy (non-hydrogen) atoms. The molecule has 1 aliphatic heterocycles. The number of hydrogen-bond acceptors (Lipinski definition) is 16. The van der Waals surface area contributed by atoms with Crippen molar-refractivity contribution in [3.05, 3.63) is 27.0 Å². The third-order valence-electron chi connectivity index (χ3n) is 3.56. The average molecular weight is 510 g/mol. The average Bonchev–Trinajstić information content (AvgIpc) is 2.85. The molecule has 3 N–H and O–H groups in total. The number of phosphoric acid groups is 3. The SMILES string of the molecule is COc1cn(C2OC(COP(=O)([O-])OP(=O)([O-])OP(=O)([O-])[O-])C(O)C2O)c(=O)[nH]c1=O. The number of nitrogens with zero attached hydrogens (tertiary/aromatic N) is 1. The minimum Gasteiger partial charge on any atom is -0.790 e. The fourth-order valence-electron chi connectivity index (χ4n) is 2.35. The lowest BCUT2D eigenvalue weighted by Gasteiger charge is -2.37. The van der Waals surface area contributed by atoms with Crippen LogP contribution in [0.2, 0.25) is 0 Å². The molecule has 0 bridgehead atoms. The van der Waals surface area contributed by atoms with Gasteiger partial charge in [0.25, 0.3) is 21.2 Å². The van der Waals surface area contributed by atoms with Crippen molar-refractivity contribution in [1.29, 1.82) is 0 Å². The Kier molecular flexibility index (Phi) is 7.83. The van der Waals surface area contributed by atoms with Gasteiger partial charge in [-0.05, 0) is 0 Å². The van der Waals surface area contributed by atoms with E-state index < -0.39 is 65.9 Å². The largest absolute Gasteiger partial charge is 0.790 e. The lowest BCUT2D eigenvalue weighted by molar-refractivity contribution is -0.339. The number of hydrogen-bond donors (Lipinski definition) is 3. The van der Waals surface area contributed by atoms with Crippen molar-refractivity contribution in [3.8, 4) is 5.75 Å². The standard InChI is InChI=1S/C10H17N2O16P3/c1-24-4-2-12(10(16)11-8(4)15)9-7(14)6(13)5(26-9)3-25-30(20,21)28-31(22,23)27-29(17,18)19/h2,5-7,9,13-14H,3H2,1H3,(H,20,21)(H,22,23)(H,11,15,16)(H2,17,18,19)/p-4. The van der Waals surface area contributed by atoms with Gasteiger partial charge in [0.05, 0.1) is 27.7 Å². The van der Waals surface area contributed by atoms with E-state index in [-0.39, 0.29) is 5.75 Å². The molecule has 6 unspecified atom stereocenters. The first kappa shape index (κ1) is 26.0. The zero-order chi connectivity index (χ0) is 23.8. The van der Waals surface area contributed by atoms with Crippen molar-refractivity contribution in [2.75, 3.05) is 13.7 Å². The molecule has 178 valence electrons. The Morgan fingerprint density at radius 3 is 2.26 bits per heavy atom. The van der Waals surface area contributed by atoms with Gasteiger partial charge in [0.1, 0.15) is 18.3 Å². The highest BCUT2D eigenvalue weighted by atomic mass is 31.3. The van der Waals surface area contributed by atoms with Gasteiger partial charge >= 0.3 is 5.69 Å². The Bertz CT molecular complexity index is 1060. The Morgan fingerprint density at radius 1 is 1.10 bits per heavy atom. The lowest BCUT2D eigenvalue weighted by Crippen LogP contribution is -2.38. The summed E-state index contributed by atoms with van der Waals surface area (Å²) in [6, 6.07) is 0. The molecule has 1 aromatic rings. The maximum absolute atomic E-state index is 11.9. The van der Waals surface area contributed by atoms with Crippen LogP contribution in [-0.2, 0) is 31.6 Å². The number of rotatable bonds is 9. The molecule has 0 saturated carbocycles. The summed E-state index contributed by atoms with van der Waals surface area (Å²) in [7, 11) is -17.1. The number of aromatic amines is 1. The summed E-state index contributed by atoms with van der Waals surface area (Å²) in [5.41, 5.74) is -2.00. The smallest absolute Gasteiger partial charge is 0.330 e. The molecule has 0 spiro atoms. The maximum atomic E-state index is 11.9. The summed E-state index contributed by atoms with van der Waals surface area (Å²) < 4.78 is 53.8. The topological polar surface area (TPSA) is 285 Å². The Labute approximate surface area is 171 Å². The number of H-pyrrole nitrogens is 1. The molecule has 0 aliphatic carbocycles. The van der Waals surface area contributed by atoms with Crippen LogP contribution in [0, 0.1) is 0 Å². The normalized spacial score (nSPS) is 28.1. The summed E-state index contributed by atoms with van der Waals surface area (Å²) in [5, 5.41) is 20.0. The lowest BCUT2D eigenvalue weighted by atomic mass is 10.1. The second kappa shape index (κ2) is 9.33. The highest BCUT2D eigenvalue weighted by molar-refractivity contribution is 7.64. The van der Waals surface area contributed by atoms with Crippen LogP contribution in [0.1, 0.15) is 6.23 Å². The molecule has 21 heteroatoms. The third-order valence-corrected chi connectivity index (χ3v) is 7.23. The van der Waals surface area contributed by atoms with E-state index in [1.165, 1.54) is 0 Å². The molecule has 18 nitrogen and oxygen atoms in total. The van der Waals surface area contributed by atoms with Crippen molar-refractivity contribution >= 4 is 23.5 Å². The fraction of sp³-hybridized carbons (Fsp3) is 0.600. The van der Waals surface area contributed by atoms with E-state index in [9.17, 15) is 53.1 Å². The molecule has 1 saturated heterocycles. The van der Waals surface area contributed by atoms with Crippen LogP contribution >= 0.6 is 23.5 Å². The molecule has 1 fully saturated rings. The number of aliphatic hydroxyl groups excluding tert-OH is 2. The fourth-order valence-corrected chi connectivity index (χ4v) is 5.21. The number of aliphatic hydroxyl groups is 2. The van der Waals surface area contributed by atoms with Crippen LogP contribution in [0.5, 0.6) is 5.75 Å². The van der Waals surface area contributed by atoms with E-state index in [0.717, 1.165) is 13.3 Å². The van der Waals surface area contributed by atoms with E-state index in [4.69, 9.17) is 9.47 Å². The minimum absolute atomic E-state index is 0.373. The van der Waals surface area contributed by atoms with Gasteiger partial charge in [0.2, 0.25) is 5.75 Å². The van der Waals surface area contributed by atoms with Gasteiger partial charge in [-0.25, -0.2) is 9.11 Å². The van der Waals surface area contributed by atoms with Gasteiger partial charge in [-0.2, -0.15) is 0 Å². The first-order valence-corrected chi connectivity index (χ1v) is 12.1. The van der Waals surface area contributed by atoms with E-state index in [2.05, 4.69) is 13.1 Å². The second-order valence-electron chi connectivity index (χ2n) is 5.71. The van der Waals surface area contributed by atoms with Gasteiger partial charge in [-0.1, -0.05) is 0 Å². The van der Waals surface area contributed by atoms with E-state index >= 15 is 0 Å². The quantitative estimate of drug-likeness (QED) is 0.262. The van der Waals surface area contributed by atoms with Gasteiger partial charge in [-0.3, -0.25) is 27.8 Å². The second-order valence-corrected chi connectivity index (χ2v) is 9.96. The van der Waals surface area contributed by atoms with Crippen LogP contribution < -0.4 is 35.6 Å². The zero-order valence-electron chi connectivity index (χ0n) is 15.0. The van der Waals surface area contributed by atoms with Crippen LogP contribution in [-0.4, -0.2) is 51.8 Å². The molecule has 0 amide bonds. The predicted octanol–water partition coefficient (Wildman–Crippen LogP) is -5.02. The first-order chi connectivity index (χ1) is 14.1. The molecule has 1 aliphatic rings. The van der Waals surface area contributed by atoms with Gasteiger partial charge in [0.15, 0.2) is 6.23 Å². The first-order valence-electron chi connectivity index (χ1n) is 7.67. The number of methoxy groups -OCH3 is 1. The Hall–Kier alpha value is -1.23. The summed E-state index contributed by atoms with van der Waals surface area (Å²) in [6.45, 7) is -1.20. The molecule has 1 aromatic heterocycles. The number of aromatic nitrogens is 2. The van der Waals surface area contributed by atoms with Crippen LogP contribution in [0.4, 0.5) is 0 Å². The van der Waals surface area contributed by atoms with E-state index in [0.29, 0.717) is 4.57 Å². The molecule has 6 atom stereocenters. The van der Waals surface area contributed by atoms with Crippen molar-refractivity contribution in [1.82, 2.24) is 9.55 Å². The molecule has 0 aromatic carbocycles. The Balaban J connectivity index is 2.12. The summed E-state index contributed by atoms with van der Waals surface area (Å²) in [6.07, 6.45) is -6.30. The number of phosphoric ester groups is 1. The van der Waals surface area contributed by atoms with Crippen molar-refractivity contribution < 1.29 is 66.1 Å². The van der Waals surface area contributed by atoms with Crippen LogP contribution in [0.25, 0.3) is 0 Å². The maximum Gasteiger partial charge on any atom is 0.330 e. The molecule has 0 radical (unpaired) electrons. The van der Waals surface area contributed by atoms with E-state index in [1.807, 2.05) is 4.98 Å². The molecule has 2 rings (SSSR count). The van der Waals surface area contributed by atoms with E-state index in [1.54, 1.807) is 0 Å². The number of ether oxygens (including phenoxy) is 2. The number of nitrogens with one attached hydrogen (secondary N) is 1. The predicted molar refractivity (Wildman–Crippen MR) is 84.7 cm³/mol. The zero-order valence-corrected chi connectivity index (χ0v) is 17.7. The van der Waals surface area contributed by atoms with Crippen LogP contribution in [0.15, 0.2) is 15.8 Å². The highest BCUT2D eigenvalue weighted by Crippen LogP contribution is 2.60. The van der Waals surface area contributed by atoms with Gasteiger partial charge in [0, 0.05) is 0 Å². The summed E-state index contributed by atoms with van der Waals surface area (Å²) in [4.78, 5) is 68.4. The van der Waals surface area contributed by atoms with Crippen molar-refractivity contribution in [2.24, 2.45) is 0 Å². The van der Waals surface area contributed by atoms with Crippen LogP contribution in [0.3, 0.4) is 0 Å².